The van der Waals surface area contributed by atoms with Gasteiger partial charge in [-0.1, -0.05) is 102 Å². The van der Waals surface area contributed by atoms with Gasteiger partial charge in [-0.3, -0.25) is 0 Å². The molecule has 11 aromatic rings. The Labute approximate surface area is 319 Å². The van der Waals surface area contributed by atoms with E-state index in [4.69, 9.17) is 18.8 Å². The van der Waals surface area contributed by atoms with Crippen molar-refractivity contribution >= 4 is 116 Å². The molecule has 0 N–H and O–H groups in total. The van der Waals surface area contributed by atoms with Gasteiger partial charge in [-0.15, -0.1) is 11.3 Å². The van der Waals surface area contributed by atoms with E-state index in [-0.39, 0.29) is 0 Å². The fraction of sp³-hybridized carbons (Fsp3) is 0. The van der Waals surface area contributed by atoms with E-state index < -0.39 is 0 Å². The number of anilines is 3. The first-order valence-electron chi connectivity index (χ1n) is 17.7. The van der Waals surface area contributed by atoms with Gasteiger partial charge in [0.05, 0.1) is 17.1 Å². The van der Waals surface area contributed by atoms with E-state index in [1.54, 1.807) is 11.8 Å². The topological polar surface area (TPSA) is 55.3 Å². The SMILES string of the molecule is c1ccc2c(c1)ccc1nc(-c3ccc4c(c3)Sc3cc(-c5nc6ccc7ccccc7c6o5)cc5c3N4c3cc4sc6ccccc6c4cc3S5)oc12. The van der Waals surface area contributed by atoms with Crippen molar-refractivity contribution in [3.05, 3.63) is 140 Å². The summed E-state index contributed by atoms with van der Waals surface area (Å²) in [6, 6.07) is 49.5. The fourth-order valence-electron chi connectivity index (χ4n) is 8.16. The normalized spacial score (nSPS) is 13.4. The third kappa shape index (κ3) is 4.13. The van der Waals surface area contributed by atoms with Gasteiger partial charge < -0.3 is 13.7 Å². The lowest BCUT2D eigenvalue weighted by Gasteiger charge is -2.38. The average molecular weight is 746 g/mol. The van der Waals surface area contributed by atoms with Crippen molar-refractivity contribution in [1.82, 2.24) is 9.97 Å². The molecule has 0 saturated heterocycles. The molecule has 0 fully saturated rings. The van der Waals surface area contributed by atoms with E-state index >= 15 is 0 Å². The zero-order valence-electron chi connectivity index (χ0n) is 28.2. The minimum absolute atomic E-state index is 0.616. The summed E-state index contributed by atoms with van der Waals surface area (Å²) in [7, 11) is 0. The predicted molar refractivity (Wildman–Crippen MR) is 223 cm³/mol. The first-order chi connectivity index (χ1) is 26.7. The number of nitrogens with zero attached hydrogens (tertiary/aromatic N) is 3. The summed E-state index contributed by atoms with van der Waals surface area (Å²) in [5, 5.41) is 7.00. The Morgan fingerprint density at radius 1 is 0.444 bits per heavy atom. The molecule has 5 nitrogen and oxygen atoms in total. The zero-order chi connectivity index (χ0) is 35.1. The molecular formula is C46H23N3O2S3. The number of fused-ring (bicyclic) bond motifs is 13. The second kappa shape index (κ2) is 10.8. The van der Waals surface area contributed by atoms with Gasteiger partial charge in [-0.2, -0.15) is 0 Å². The summed E-state index contributed by atoms with van der Waals surface area (Å²) in [6.07, 6.45) is 0. The molecule has 13 rings (SSSR count). The minimum Gasteiger partial charge on any atom is -0.435 e. The lowest BCUT2D eigenvalue weighted by atomic mass is 10.1. The molecule has 2 aliphatic heterocycles. The van der Waals surface area contributed by atoms with Gasteiger partial charge in [-0.05, 0) is 71.4 Å². The predicted octanol–water partition coefficient (Wildman–Crippen LogP) is 14.4. The van der Waals surface area contributed by atoms with Crippen molar-refractivity contribution < 1.29 is 8.83 Å². The molecule has 5 heterocycles. The van der Waals surface area contributed by atoms with Crippen LogP contribution in [0.15, 0.2) is 168 Å². The highest BCUT2D eigenvalue weighted by Gasteiger charge is 2.35. The van der Waals surface area contributed by atoms with Crippen LogP contribution in [-0.4, -0.2) is 9.97 Å². The minimum atomic E-state index is 0.616. The van der Waals surface area contributed by atoms with Crippen LogP contribution in [0.2, 0.25) is 0 Å². The Balaban J connectivity index is 1.02. The standard InChI is InChI=1S/C46H23N3O2S3/c1-3-9-28-24(7-1)13-16-32-43(28)50-45(47-32)26-15-18-34-38(19-26)53-40-20-27(46-48-33-17-14-25-8-2-4-10-29(25)44(33)51-46)21-41-42(40)49(34)35-23-37-31(22-39(35)54-41)30-11-5-6-12-36(30)52-37/h1-23H. The van der Waals surface area contributed by atoms with Crippen molar-refractivity contribution in [2.45, 2.75) is 19.6 Å². The third-order valence-corrected chi connectivity index (χ3v) is 13.9. The van der Waals surface area contributed by atoms with Gasteiger partial charge in [0.1, 0.15) is 11.0 Å². The quantitative estimate of drug-likeness (QED) is 0.175. The van der Waals surface area contributed by atoms with E-state index in [9.17, 15) is 0 Å². The van der Waals surface area contributed by atoms with Crippen LogP contribution in [0.3, 0.4) is 0 Å². The first-order valence-corrected chi connectivity index (χ1v) is 20.2. The molecule has 0 bridgehead atoms. The molecule has 252 valence electrons. The van der Waals surface area contributed by atoms with Crippen molar-refractivity contribution in [3.63, 3.8) is 0 Å². The van der Waals surface area contributed by atoms with Crippen molar-refractivity contribution in [3.8, 4) is 22.9 Å². The largest absolute Gasteiger partial charge is 0.435 e. The summed E-state index contributed by atoms with van der Waals surface area (Å²) < 4.78 is 15.7. The maximum Gasteiger partial charge on any atom is 0.227 e. The Morgan fingerprint density at radius 2 is 1.04 bits per heavy atom. The van der Waals surface area contributed by atoms with E-state index in [0.717, 1.165) is 70.3 Å². The first kappa shape index (κ1) is 29.4. The molecule has 8 aromatic carbocycles. The van der Waals surface area contributed by atoms with Crippen molar-refractivity contribution in [1.29, 1.82) is 0 Å². The van der Waals surface area contributed by atoms with Crippen LogP contribution in [0.4, 0.5) is 17.1 Å². The smallest absolute Gasteiger partial charge is 0.227 e. The zero-order valence-corrected chi connectivity index (χ0v) is 30.6. The molecule has 0 unspecified atom stereocenters. The number of benzene rings is 8. The molecule has 8 heteroatoms. The molecule has 54 heavy (non-hydrogen) atoms. The van der Waals surface area contributed by atoms with Crippen LogP contribution in [0, 0.1) is 0 Å². The maximum atomic E-state index is 6.61. The maximum absolute atomic E-state index is 6.61. The van der Waals surface area contributed by atoms with E-state index in [1.807, 2.05) is 35.2 Å². The lowest BCUT2D eigenvalue weighted by Crippen LogP contribution is -2.19. The molecule has 3 aromatic heterocycles. The number of aromatic nitrogens is 2. The Kier molecular flexibility index (Phi) is 5.86. The Bertz CT molecular complexity index is 3430. The molecule has 0 radical (unpaired) electrons. The monoisotopic (exact) mass is 745 g/mol. The van der Waals surface area contributed by atoms with Gasteiger partial charge in [0.2, 0.25) is 11.8 Å². The fourth-order valence-corrected chi connectivity index (χ4v) is 11.7. The van der Waals surface area contributed by atoms with Crippen LogP contribution >= 0.6 is 34.9 Å². The number of thiophene rings is 1. The molecule has 0 amide bonds. The number of hydrogen-bond acceptors (Lipinski definition) is 8. The third-order valence-electron chi connectivity index (χ3n) is 10.7. The molecule has 0 aliphatic carbocycles. The van der Waals surface area contributed by atoms with Gasteiger partial charge in [0, 0.05) is 61.7 Å². The van der Waals surface area contributed by atoms with Crippen LogP contribution in [0.25, 0.3) is 86.8 Å². The highest BCUT2D eigenvalue weighted by atomic mass is 32.2. The number of rotatable bonds is 2. The second-order valence-corrected chi connectivity index (χ2v) is 17.0. The van der Waals surface area contributed by atoms with Crippen molar-refractivity contribution in [2.24, 2.45) is 0 Å². The summed E-state index contributed by atoms with van der Waals surface area (Å²) in [4.78, 5) is 17.1. The van der Waals surface area contributed by atoms with Gasteiger partial charge >= 0.3 is 0 Å². The lowest BCUT2D eigenvalue weighted by molar-refractivity contribution is 0.622. The highest BCUT2D eigenvalue weighted by Crippen LogP contribution is 2.62. The van der Waals surface area contributed by atoms with Gasteiger partial charge in [0.25, 0.3) is 0 Å². The molecule has 2 aliphatic rings. The summed E-state index contributed by atoms with van der Waals surface area (Å²) in [6.45, 7) is 0. The number of hydrogen-bond donors (Lipinski definition) is 0. The average Bonchev–Trinajstić information content (AvgIpc) is 3.95. The molecule has 0 spiro atoms. The molecular weight excluding hydrogens is 723 g/mol. The van der Waals surface area contributed by atoms with Crippen LogP contribution in [0.5, 0.6) is 0 Å². The second-order valence-electron chi connectivity index (χ2n) is 13.8. The summed E-state index contributed by atoms with van der Waals surface area (Å²) in [5.41, 5.74) is 8.77. The van der Waals surface area contributed by atoms with Crippen molar-refractivity contribution in [2.75, 3.05) is 4.90 Å². The van der Waals surface area contributed by atoms with E-state index in [0.29, 0.717) is 11.8 Å². The van der Waals surface area contributed by atoms with Crippen LogP contribution < -0.4 is 4.90 Å². The van der Waals surface area contributed by atoms with Gasteiger partial charge in [-0.25, -0.2) is 9.97 Å². The summed E-state index contributed by atoms with van der Waals surface area (Å²) >= 11 is 5.46. The van der Waals surface area contributed by atoms with Crippen LogP contribution in [-0.2, 0) is 0 Å². The van der Waals surface area contributed by atoms with Gasteiger partial charge in [0.15, 0.2) is 11.2 Å². The molecule has 0 atom stereocenters. The Morgan fingerprint density at radius 3 is 1.74 bits per heavy atom. The number of oxazole rings is 2. The Hall–Kier alpha value is -6.06. The van der Waals surface area contributed by atoms with E-state index in [2.05, 4.69) is 132 Å². The summed E-state index contributed by atoms with van der Waals surface area (Å²) in [5.74, 6) is 1.24. The van der Waals surface area contributed by atoms with Crippen LogP contribution in [0.1, 0.15) is 0 Å². The van der Waals surface area contributed by atoms with E-state index in [1.165, 1.54) is 41.3 Å². The highest BCUT2D eigenvalue weighted by molar-refractivity contribution is 8.00. The molecule has 0 saturated carbocycles.